The van der Waals surface area contributed by atoms with E-state index >= 15 is 0 Å². The van der Waals surface area contributed by atoms with Crippen LogP contribution in [-0.4, -0.2) is 10.2 Å². The first-order chi connectivity index (χ1) is 9.02. The number of halogens is 1. The molecule has 0 aliphatic rings. The molecule has 2 aromatic rings. The third-order valence-electron chi connectivity index (χ3n) is 3.24. The SMILES string of the molecule is CCc1nnc(C)cc1C(N)c1ccc(F)c(C)c1. The van der Waals surface area contributed by atoms with E-state index in [9.17, 15) is 4.39 Å². The first-order valence-electron chi connectivity index (χ1n) is 6.37. The van der Waals surface area contributed by atoms with Gasteiger partial charge in [0.15, 0.2) is 0 Å². The molecule has 0 amide bonds. The van der Waals surface area contributed by atoms with Crippen LogP contribution >= 0.6 is 0 Å². The highest BCUT2D eigenvalue weighted by molar-refractivity contribution is 5.36. The Bertz CT molecular complexity index is 596. The fourth-order valence-electron chi connectivity index (χ4n) is 2.12. The van der Waals surface area contributed by atoms with Crippen LogP contribution in [0.1, 0.15) is 41.0 Å². The zero-order valence-corrected chi connectivity index (χ0v) is 11.4. The average Bonchev–Trinajstić information content (AvgIpc) is 2.41. The van der Waals surface area contributed by atoms with E-state index in [1.807, 2.05) is 19.9 Å². The van der Waals surface area contributed by atoms with E-state index in [1.54, 1.807) is 19.1 Å². The Labute approximate surface area is 112 Å². The van der Waals surface area contributed by atoms with Gasteiger partial charge in [0.05, 0.1) is 17.4 Å². The molecule has 100 valence electrons. The summed E-state index contributed by atoms with van der Waals surface area (Å²) >= 11 is 0. The Kier molecular flexibility index (Phi) is 3.90. The molecule has 0 saturated heterocycles. The fourth-order valence-corrected chi connectivity index (χ4v) is 2.12. The van der Waals surface area contributed by atoms with Gasteiger partial charge in [0.25, 0.3) is 0 Å². The molecule has 0 bridgehead atoms. The lowest BCUT2D eigenvalue weighted by atomic mass is 9.96. The van der Waals surface area contributed by atoms with Crippen LogP contribution in [0.25, 0.3) is 0 Å². The standard InChI is InChI=1S/C15H18FN3/c1-4-14-12(8-10(3)18-19-14)15(17)11-5-6-13(16)9(2)7-11/h5-8,15H,4,17H2,1-3H3. The van der Waals surface area contributed by atoms with Crippen molar-refractivity contribution in [3.63, 3.8) is 0 Å². The van der Waals surface area contributed by atoms with Crippen molar-refractivity contribution in [2.45, 2.75) is 33.2 Å². The molecule has 1 unspecified atom stereocenters. The summed E-state index contributed by atoms with van der Waals surface area (Å²) in [6.45, 7) is 5.65. The smallest absolute Gasteiger partial charge is 0.126 e. The van der Waals surface area contributed by atoms with Crippen molar-refractivity contribution in [2.75, 3.05) is 0 Å². The zero-order valence-electron chi connectivity index (χ0n) is 11.4. The molecule has 1 atom stereocenters. The first kappa shape index (κ1) is 13.6. The Morgan fingerprint density at radius 2 is 1.95 bits per heavy atom. The Morgan fingerprint density at radius 1 is 1.21 bits per heavy atom. The molecule has 0 spiro atoms. The minimum Gasteiger partial charge on any atom is -0.320 e. The first-order valence-corrected chi connectivity index (χ1v) is 6.37. The third-order valence-corrected chi connectivity index (χ3v) is 3.24. The van der Waals surface area contributed by atoms with Crippen molar-refractivity contribution in [1.29, 1.82) is 0 Å². The summed E-state index contributed by atoms with van der Waals surface area (Å²) < 4.78 is 13.3. The average molecular weight is 259 g/mol. The highest BCUT2D eigenvalue weighted by atomic mass is 19.1. The van der Waals surface area contributed by atoms with E-state index in [-0.39, 0.29) is 11.9 Å². The van der Waals surface area contributed by atoms with Crippen molar-refractivity contribution in [3.05, 3.63) is 58.2 Å². The molecule has 2 rings (SSSR count). The van der Waals surface area contributed by atoms with Gasteiger partial charge in [0.1, 0.15) is 5.82 Å². The number of rotatable bonds is 3. The summed E-state index contributed by atoms with van der Waals surface area (Å²) in [6, 6.07) is 6.62. The van der Waals surface area contributed by atoms with Gasteiger partial charge in [-0.2, -0.15) is 10.2 Å². The summed E-state index contributed by atoms with van der Waals surface area (Å²) in [7, 11) is 0. The number of hydrogen-bond acceptors (Lipinski definition) is 3. The molecule has 1 aromatic carbocycles. The molecular formula is C15H18FN3. The minimum atomic E-state index is -0.302. The lowest BCUT2D eigenvalue weighted by Gasteiger charge is -2.16. The molecule has 1 heterocycles. The van der Waals surface area contributed by atoms with Gasteiger partial charge >= 0.3 is 0 Å². The van der Waals surface area contributed by atoms with E-state index in [2.05, 4.69) is 10.2 Å². The predicted molar refractivity (Wildman–Crippen MR) is 73.3 cm³/mol. The summed E-state index contributed by atoms with van der Waals surface area (Å²) in [5.74, 6) is -0.212. The molecule has 2 N–H and O–H groups in total. The molecule has 1 aromatic heterocycles. The Hall–Kier alpha value is -1.81. The summed E-state index contributed by atoms with van der Waals surface area (Å²) in [5.41, 5.74) is 10.5. The lowest BCUT2D eigenvalue weighted by Crippen LogP contribution is -2.16. The van der Waals surface area contributed by atoms with Gasteiger partial charge in [-0.1, -0.05) is 19.1 Å². The van der Waals surface area contributed by atoms with Crippen molar-refractivity contribution in [2.24, 2.45) is 5.73 Å². The number of hydrogen-bond donors (Lipinski definition) is 1. The highest BCUT2D eigenvalue weighted by Crippen LogP contribution is 2.24. The molecule has 3 nitrogen and oxygen atoms in total. The maximum atomic E-state index is 13.3. The van der Waals surface area contributed by atoms with Crippen LogP contribution in [0.4, 0.5) is 4.39 Å². The topological polar surface area (TPSA) is 51.8 Å². The predicted octanol–water partition coefficient (Wildman–Crippen LogP) is 2.84. The molecule has 19 heavy (non-hydrogen) atoms. The van der Waals surface area contributed by atoms with E-state index in [4.69, 9.17) is 5.73 Å². The summed E-state index contributed by atoms with van der Waals surface area (Å²) in [4.78, 5) is 0. The quantitative estimate of drug-likeness (QED) is 0.922. The van der Waals surface area contributed by atoms with Gasteiger partial charge in [-0.3, -0.25) is 0 Å². The van der Waals surface area contributed by atoms with Crippen LogP contribution in [0.15, 0.2) is 24.3 Å². The summed E-state index contributed by atoms with van der Waals surface area (Å²) in [5, 5.41) is 8.23. The van der Waals surface area contributed by atoms with Gasteiger partial charge in [0, 0.05) is 0 Å². The van der Waals surface area contributed by atoms with Gasteiger partial charge < -0.3 is 5.73 Å². The van der Waals surface area contributed by atoms with E-state index in [0.717, 1.165) is 28.9 Å². The van der Waals surface area contributed by atoms with Crippen molar-refractivity contribution in [3.8, 4) is 0 Å². The lowest BCUT2D eigenvalue weighted by molar-refractivity contribution is 0.616. The molecule has 0 fully saturated rings. The zero-order chi connectivity index (χ0) is 14.0. The van der Waals surface area contributed by atoms with Gasteiger partial charge in [-0.05, 0) is 49.1 Å². The number of aromatic nitrogens is 2. The second-order valence-corrected chi connectivity index (χ2v) is 4.73. The van der Waals surface area contributed by atoms with Gasteiger partial charge in [-0.15, -0.1) is 0 Å². The molecule has 0 aliphatic carbocycles. The van der Waals surface area contributed by atoms with Crippen molar-refractivity contribution in [1.82, 2.24) is 10.2 Å². The van der Waals surface area contributed by atoms with E-state index in [0.29, 0.717) is 5.56 Å². The van der Waals surface area contributed by atoms with Crippen LogP contribution in [0.5, 0.6) is 0 Å². The normalized spacial score (nSPS) is 12.5. The molecule has 4 heteroatoms. The second-order valence-electron chi connectivity index (χ2n) is 4.73. The maximum Gasteiger partial charge on any atom is 0.126 e. The minimum absolute atomic E-state index is 0.212. The monoisotopic (exact) mass is 259 g/mol. The maximum absolute atomic E-state index is 13.3. The number of nitrogens with two attached hydrogens (primary N) is 1. The van der Waals surface area contributed by atoms with E-state index < -0.39 is 0 Å². The Balaban J connectivity index is 2.45. The molecular weight excluding hydrogens is 241 g/mol. The Morgan fingerprint density at radius 3 is 2.58 bits per heavy atom. The van der Waals surface area contributed by atoms with Crippen LogP contribution in [0, 0.1) is 19.7 Å². The number of benzene rings is 1. The number of aryl methyl sites for hydroxylation is 3. The fraction of sp³-hybridized carbons (Fsp3) is 0.333. The van der Waals surface area contributed by atoms with Crippen molar-refractivity contribution < 1.29 is 4.39 Å². The van der Waals surface area contributed by atoms with E-state index in [1.165, 1.54) is 6.07 Å². The molecule has 0 radical (unpaired) electrons. The summed E-state index contributed by atoms with van der Waals surface area (Å²) in [6.07, 6.45) is 0.774. The number of nitrogens with zero attached hydrogens (tertiary/aromatic N) is 2. The van der Waals surface area contributed by atoms with Crippen LogP contribution in [0.2, 0.25) is 0 Å². The largest absolute Gasteiger partial charge is 0.320 e. The van der Waals surface area contributed by atoms with Crippen LogP contribution in [0.3, 0.4) is 0 Å². The molecule has 0 aliphatic heterocycles. The van der Waals surface area contributed by atoms with Gasteiger partial charge in [-0.25, -0.2) is 4.39 Å². The van der Waals surface area contributed by atoms with Crippen molar-refractivity contribution >= 4 is 0 Å². The second kappa shape index (κ2) is 5.45. The molecule has 0 saturated carbocycles. The van der Waals surface area contributed by atoms with Crippen LogP contribution in [-0.2, 0) is 6.42 Å². The van der Waals surface area contributed by atoms with Gasteiger partial charge in [0.2, 0.25) is 0 Å². The van der Waals surface area contributed by atoms with Crippen LogP contribution < -0.4 is 5.73 Å². The highest BCUT2D eigenvalue weighted by Gasteiger charge is 2.15. The third kappa shape index (κ3) is 2.79.